The second-order valence-corrected chi connectivity index (χ2v) is 3.09. The molecule has 0 aliphatic heterocycles. The van der Waals surface area contributed by atoms with Crippen LogP contribution in [-0.2, 0) is 0 Å². The van der Waals surface area contributed by atoms with Gasteiger partial charge in [0.05, 0.1) is 5.92 Å². The third kappa shape index (κ3) is 2.36. The van der Waals surface area contributed by atoms with E-state index in [0.717, 1.165) is 0 Å². The molecule has 1 aliphatic rings. The van der Waals surface area contributed by atoms with Crippen molar-refractivity contribution in [2.75, 3.05) is 0 Å². The Morgan fingerprint density at radius 2 is 1.45 bits per heavy atom. The summed E-state index contributed by atoms with van der Waals surface area (Å²) in [5.74, 6) is -1.14. The lowest BCUT2D eigenvalue weighted by molar-refractivity contribution is -0.182. The first kappa shape index (κ1) is 8.84. The Morgan fingerprint density at radius 1 is 1.00 bits per heavy atom. The van der Waals surface area contributed by atoms with E-state index in [-0.39, 0.29) is 18.9 Å². The Balaban J connectivity index is 2.39. The molecule has 1 nitrogen and oxygen atoms in total. The molecule has 0 heterocycles. The zero-order chi connectivity index (χ0) is 8.48. The molecule has 65 valence electrons. The van der Waals surface area contributed by atoms with E-state index in [0.29, 0.717) is 12.8 Å². The van der Waals surface area contributed by atoms with Gasteiger partial charge in [0, 0.05) is 6.04 Å². The highest BCUT2D eigenvalue weighted by atomic mass is 19.4. The number of hydrogen-bond donors (Lipinski definition) is 0. The van der Waals surface area contributed by atoms with Gasteiger partial charge >= 0.3 is 6.18 Å². The molecule has 0 atom stereocenters. The van der Waals surface area contributed by atoms with E-state index in [1.165, 1.54) is 0 Å². The lowest BCUT2D eigenvalue weighted by Crippen LogP contribution is -2.29. The molecule has 0 unspecified atom stereocenters. The molecule has 0 aromatic carbocycles. The van der Waals surface area contributed by atoms with Gasteiger partial charge in [-0.05, 0) is 25.7 Å². The molecule has 0 aromatic heterocycles. The predicted octanol–water partition coefficient (Wildman–Crippen LogP) is 2.39. The first-order valence-electron chi connectivity index (χ1n) is 3.78. The number of halogens is 3. The molecule has 1 N–H and O–H groups in total. The number of hydrogen-bond acceptors (Lipinski definition) is 0. The van der Waals surface area contributed by atoms with Crippen LogP contribution in [0.3, 0.4) is 0 Å². The lowest BCUT2D eigenvalue weighted by atomic mass is 9.86. The van der Waals surface area contributed by atoms with Crippen molar-refractivity contribution in [3.8, 4) is 0 Å². The van der Waals surface area contributed by atoms with E-state index < -0.39 is 12.1 Å². The summed E-state index contributed by atoms with van der Waals surface area (Å²) < 4.78 is 36.0. The molecule has 1 fully saturated rings. The van der Waals surface area contributed by atoms with Crippen LogP contribution in [0.4, 0.5) is 13.2 Å². The van der Waals surface area contributed by atoms with Crippen molar-refractivity contribution < 1.29 is 13.2 Å². The van der Waals surface area contributed by atoms with Gasteiger partial charge in [0.15, 0.2) is 0 Å². The SMILES string of the molecule is [NH]C1CCC(C(F)(F)F)CC1. The minimum absolute atomic E-state index is 0.150. The van der Waals surface area contributed by atoms with Gasteiger partial charge in [-0.2, -0.15) is 13.2 Å². The van der Waals surface area contributed by atoms with Gasteiger partial charge < -0.3 is 0 Å². The van der Waals surface area contributed by atoms with Crippen molar-refractivity contribution in [2.24, 2.45) is 5.92 Å². The average Bonchev–Trinajstić information content (AvgIpc) is 1.86. The zero-order valence-electron chi connectivity index (χ0n) is 6.12. The molecule has 4 heteroatoms. The minimum Gasteiger partial charge on any atom is -0.255 e. The Kier molecular flexibility index (Phi) is 2.42. The van der Waals surface area contributed by atoms with E-state index in [9.17, 15) is 13.2 Å². The fourth-order valence-electron chi connectivity index (χ4n) is 1.42. The van der Waals surface area contributed by atoms with Gasteiger partial charge in [-0.3, -0.25) is 5.73 Å². The Labute approximate surface area is 63.8 Å². The standard InChI is InChI=1S/C7H11F3N/c8-7(9,10)5-1-3-6(11)4-2-5/h5-6,11H,1-4H2. The molecule has 11 heavy (non-hydrogen) atoms. The van der Waals surface area contributed by atoms with Crippen molar-refractivity contribution in [2.45, 2.75) is 37.9 Å². The van der Waals surface area contributed by atoms with Gasteiger partial charge in [0.2, 0.25) is 0 Å². The minimum atomic E-state index is -4.03. The summed E-state index contributed by atoms with van der Waals surface area (Å²) >= 11 is 0. The molecule has 1 saturated carbocycles. The van der Waals surface area contributed by atoms with Crippen LogP contribution in [0, 0.1) is 5.92 Å². The van der Waals surface area contributed by atoms with Crippen molar-refractivity contribution >= 4 is 0 Å². The molecule has 1 rings (SSSR count). The fourth-order valence-corrected chi connectivity index (χ4v) is 1.42. The summed E-state index contributed by atoms with van der Waals surface area (Å²) in [6.45, 7) is 0. The normalized spacial score (nSPS) is 33.8. The van der Waals surface area contributed by atoms with Gasteiger partial charge in [0.1, 0.15) is 0 Å². The van der Waals surface area contributed by atoms with E-state index >= 15 is 0 Å². The van der Waals surface area contributed by atoms with Crippen LogP contribution < -0.4 is 5.73 Å². The van der Waals surface area contributed by atoms with Crippen LogP contribution in [0.2, 0.25) is 0 Å². The van der Waals surface area contributed by atoms with Crippen molar-refractivity contribution in [3.63, 3.8) is 0 Å². The third-order valence-corrected chi connectivity index (χ3v) is 2.19. The molecule has 0 saturated heterocycles. The second-order valence-electron chi connectivity index (χ2n) is 3.09. The van der Waals surface area contributed by atoms with E-state index in [1.54, 1.807) is 0 Å². The summed E-state index contributed by atoms with van der Waals surface area (Å²) in [5, 5.41) is 0. The maximum atomic E-state index is 12.0. The molecular formula is C7H11F3N. The largest absolute Gasteiger partial charge is 0.391 e. The van der Waals surface area contributed by atoms with Crippen molar-refractivity contribution in [1.82, 2.24) is 5.73 Å². The van der Waals surface area contributed by atoms with Crippen molar-refractivity contribution in [1.29, 1.82) is 0 Å². The average molecular weight is 166 g/mol. The molecule has 0 amide bonds. The second kappa shape index (κ2) is 3.01. The van der Waals surface area contributed by atoms with Crippen LogP contribution >= 0.6 is 0 Å². The van der Waals surface area contributed by atoms with Crippen LogP contribution in [0.25, 0.3) is 0 Å². The van der Waals surface area contributed by atoms with E-state index in [2.05, 4.69) is 0 Å². The van der Waals surface area contributed by atoms with Crippen LogP contribution in [0.15, 0.2) is 0 Å². The van der Waals surface area contributed by atoms with E-state index in [1.807, 2.05) is 0 Å². The quantitative estimate of drug-likeness (QED) is 0.527. The Hall–Kier alpha value is -0.250. The molecule has 0 bridgehead atoms. The molecule has 0 spiro atoms. The number of rotatable bonds is 0. The maximum Gasteiger partial charge on any atom is 0.391 e. The van der Waals surface area contributed by atoms with Crippen LogP contribution in [0.1, 0.15) is 25.7 Å². The number of nitrogens with one attached hydrogen (secondary N) is 1. The monoisotopic (exact) mass is 166 g/mol. The van der Waals surface area contributed by atoms with E-state index in [4.69, 9.17) is 5.73 Å². The van der Waals surface area contributed by atoms with Gasteiger partial charge in [0.25, 0.3) is 0 Å². The lowest BCUT2D eigenvalue weighted by Gasteiger charge is -2.26. The van der Waals surface area contributed by atoms with Crippen LogP contribution in [0.5, 0.6) is 0 Å². The Morgan fingerprint density at radius 3 is 1.82 bits per heavy atom. The summed E-state index contributed by atoms with van der Waals surface area (Å²) in [7, 11) is 0. The summed E-state index contributed by atoms with van der Waals surface area (Å²) in [5.41, 5.74) is 7.20. The first-order valence-corrected chi connectivity index (χ1v) is 3.78. The molecule has 0 aromatic rings. The summed E-state index contributed by atoms with van der Waals surface area (Å²) in [6.07, 6.45) is -2.91. The highest BCUT2D eigenvalue weighted by Gasteiger charge is 2.40. The molecule has 1 radical (unpaired) electrons. The first-order chi connectivity index (χ1) is 5.00. The predicted molar refractivity (Wildman–Crippen MR) is 34.9 cm³/mol. The third-order valence-electron chi connectivity index (χ3n) is 2.19. The summed E-state index contributed by atoms with van der Waals surface area (Å²) in [4.78, 5) is 0. The topological polar surface area (TPSA) is 23.8 Å². The van der Waals surface area contributed by atoms with Crippen LogP contribution in [-0.4, -0.2) is 12.2 Å². The van der Waals surface area contributed by atoms with Gasteiger partial charge in [-0.25, -0.2) is 0 Å². The highest BCUT2D eigenvalue weighted by molar-refractivity contribution is 4.77. The summed E-state index contributed by atoms with van der Waals surface area (Å²) in [6, 6.07) is -0.256. The fraction of sp³-hybridized carbons (Fsp3) is 1.00. The molecule has 1 aliphatic carbocycles. The maximum absolute atomic E-state index is 12.0. The number of alkyl halides is 3. The van der Waals surface area contributed by atoms with Crippen molar-refractivity contribution in [3.05, 3.63) is 0 Å². The smallest absolute Gasteiger partial charge is 0.255 e. The highest BCUT2D eigenvalue weighted by Crippen LogP contribution is 2.37. The Bertz CT molecular complexity index is 124. The van der Waals surface area contributed by atoms with Gasteiger partial charge in [-0.15, -0.1) is 0 Å². The van der Waals surface area contributed by atoms with Gasteiger partial charge in [-0.1, -0.05) is 0 Å². The molecular weight excluding hydrogens is 155 g/mol. The zero-order valence-corrected chi connectivity index (χ0v) is 6.12.